The van der Waals surface area contributed by atoms with Crippen LogP contribution < -0.4 is 15.5 Å². The van der Waals surface area contributed by atoms with Crippen LogP contribution in [0.25, 0.3) is 0 Å². The van der Waals surface area contributed by atoms with E-state index in [0.29, 0.717) is 31.0 Å². The van der Waals surface area contributed by atoms with Crippen molar-refractivity contribution < 1.29 is 14.0 Å². The van der Waals surface area contributed by atoms with Crippen LogP contribution in [0, 0.1) is 11.7 Å². The van der Waals surface area contributed by atoms with E-state index in [2.05, 4.69) is 24.5 Å². The molecule has 2 aromatic carbocycles. The summed E-state index contributed by atoms with van der Waals surface area (Å²) in [6, 6.07) is 11.0. The predicted molar refractivity (Wildman–Crippen MR) is 106 cm³/mol. The minimum absolute atomic E-state index is 0.124. The van der Waals surface area contributed by atoms with E-state index in [1.54, 1.807) is 18.2 Å². The van der Waals surface area contributed by atoms with Gasteiger partial charge in [-0.2, -0.15) is 0 Å². The van der Waals surface area contributed by atoms with Gasteiger partial charge in [-0.3, -0.25) is 4.79 Å². The largest absolute Gasteiger partial charge is 0.323 e. The van der Waals surface area contributed by atoms with Crippen LogP contribution in [0.3, 0.4) is 0 Å². The Kier molecular flexibility index (Phi) is 5.74. The van der Waals surface area contributed by atoms with Gasteiger partial charge in [-0.15, -0.1) is 0 Å². The van der Waals surface area contributed by atoms with Crippen molar-refractivity contribution in [3.63, 3.8) is 0 Å². The summed E-state index contributed by atoms with van der Waals surface area (Å²) in [4.78, 5) is 26.3. The maximum absolute atomic E-state index is 13.6. The number of anilines is 3. The van der Waals surface area contributed by atoms with Crippen molar-refractivity contribution in [2.24, 2.45) is 5.92 Å². The maximum atomic E-state index is 13.6. The van der Waals surface area contributed by atoms with Gasteiger partial charge in [-0.1, -0.05) is 26.0 Å². The lowest BCUT2D eigenvalue weighted by atomic mass is 9.99. The second-order valence-corrected chi connectivity index (χ2v) is 7.13. The maximum Gasteiger partial charge on any atom is 0.323 e. The third-order valence-electron chi connectivity index (χ3n) is 4.59. The van der Waals surface area contributed by atoms with Gasteiger partial charge in [0.25, 0.3) is 0 Å². The molecule has 2 aromatic rings. The topological polar surface area (TPSA) is 61.4 Å². The summed E-state index contributed by atoms with van der Waals surface area (Å²) in [6.07, 6.45) is 2.06. The third kappa shape index (κ3) is 4.64. The predicted octanol–water partition coefficient (Wildman–Crippen LogP) is 4.80. The lowest BCUT2D eigenvalue weighted by molar-refractivity contribution is -0.118. The minimum atomic E-state index is -0.511. The number of hydrogen-bond donors (Lipinski definition) is 2. The van der Waals surface area contributed by atoms with Gasteiger partial charge >= 0.3 is 6.03 Å². The van der Waals surface area contributed by atoms with Gasteiger partial charge in [-0.05, 0) is 54.7 Å². The monoisotopic (exact) mass is 369 g/mol. The molecule has 5 nitrogen and oxygen atoms in total. The molecule has 2 N–H and O–H groups in total. The molecule has 27 heavy (non-hydrogen) atoms. The Hall–Kier alpha value is -2.89. The Morgan fingerprint density at radius 1 is 1.15 bits per heavy atom. The Bertz CT molecular complexity index is 851. The van der Waals surface area contributed by atoms with Crippen LogP contribution in [0.2, 0.25) is 0 Å². The van der Waals surface area contributed by atoms with Crippen molar-refractivity contribution in [2.45, 2.75) is 33.1 Å². The zero-order valence-corrected chi connectivity index (χ0v) is 15.6. The van der Waals surface area contributed by atoms with E-state index < -0.39 is 11.8 Å². The molecule has 0 unspecified atom stereocenters. The number of carbonyl (C=O) groups is 2. The van der Waals surface area contributed by atoms with Gasteiger partial charge in [0.1, 0.15) is 5.82 Å². The van der Waals surface area contributed by atoms with Crippen LogP contribution in [0.1, 0.15) is 32.3 Å². The minimum Gasteiger partial charge on any atom is -0.312 e. The molecular weight excluding hydrogens is 345 g/mol. The van der Waals surface area contributed by atoms with Crippen molar-refractivity contribution >= 4 is 29.0 Å². The normalized spacial score (nSPS) is 13.5. The number of carbonyl (C=O) groups excluding carboxylic acids is 2. The Morgan fingerprint density at radius 3 is 2.67 bits per heavy atom. The Morgan fingerprint density at radius 2 is 1.93 bits per heavy atom. The number of para-hydroxylation sites is 1. The van der Waals surface area contributed by atoms with Gasteiger partial charge in [0.15, 0.2) is 0 Å². The van der Waals surface area contributed by atoms with Gasteiger partial charge in [0.2, 0.25) is 5.91 Å². The van der Waals surface area contributed by atoms with E-state index in [4.69, 9.17) is 0 Å². The number of nitrogens with zero attached hydrogens (tertiary/aromatic N) is 1. The highest BCUT2D eigenvalue weighted by molar-refractivity contribution is 6.01. The number of aryl methyl sites for hydroxylation is 1. The molecule has 0 spiro atoms. The van der Waals surface area contributed by atoms with E-state index in [1.165, 1.54) is 12.1 Å². The van der Waals surface area contributed by atoms with E-state index >= 15 is 0 Å². The molecule has 6 heteroatoms. The summed E-state index contributed by atoms with van der Waals surface area (Å²) in [5.41, 5.74) is 2.67. The van der Waals surface area contributed by atoms with Crippen LogP contribution in [0.5, 0.6) is 0 Å². The molecule has 0 saturated carbocycles. The number of urea groups is 1. The van der Waals surface area contributed by atoms with Gasteiger partial charge in [-0.25, -0.2) is 9.18 Å². The molecule has 1 aliphatic heterocycles. The average molecular weight is 369 g/mol. The standard InChI is InChI=1S/C21H24FN3O2/c1-14(2)11-12-25-19-9-8-16(13-15(19)7-10-20(25)26)23-21(27)24-18-6-4-3-5-17(18)22/h3-6,8-9,13-14H,7,10-12H2,1-2H3,(H2,23,24,27). The van der Waals surface area contributed by atoms with Crippen LogP contribution in [-0.4, -0.2) is 18.5 Å². The highest BCUT2D eigenvalue weighted by Crippen LogP contribution is 2.31. The van der Waals surface area contributed by atoms with Crippen LogP contribution in [-0.2, 0) is 11.2 Å². The van der Waals surface area contributed by atoms with Crippen molar-refractivity contribution in [3.8, 4) is 0 Å². The third-order valence-corrected chi connectivity index (χ3v) is 4.59. The summed E-state index contributed by atoms with van der Waals surface area (Å²) in [6.45, 7) is 4.97. The second-order valence-electron chi connectivity index (χ2n) is 7.13. The second kappa shape index (κ2) is 8.20. The van der Waals surface area contributed by atoms with E-state index in [1.807, 2.05) is 17.0 Å². The molecule has 0 radical (unpaired) electrons. The molecule has 0 bridgehead atoms. The summed E-state index contributed by atoms with van der Waals surface area (Å²) in [5.74, 6) is 0.171. The van der Waals surface area contributed by atoms with Crippen LogP contribution in [0.4, 0.5) is 26.2 Å². The molecule has 0 fully saturated rings. The first-order chi connectivity index (χ1) is 12.9. The molecule has 142 valence electrons. The summed E-state index contributed by atoms with van der Waals surface area (Å²) in [7, 11) is 0. The van der Waals surface area contributed by atoms with Gasteiger partial charge in [0, 0.05) is 24.3 Å². The number of nitrogens with one attached hydrogen (secondary N) is 2. The quantitative estimate of drug-likeness (QED) is 0.796. The van der Waals surface area contributed by atoms with E-state index in [0.717, 1.165) is 17.7 Å². The smallest absolute Gasteiger partial charge is 0.312 e. The fraction of sp³-hybridized carbons (Fsp3) is 0.333. The summed E-state index contributed by atoms with van der Waals surface area (Å²) >= 11 is 0. The molecule has 3 amide bonds. The van der Waals surface area contributed by atoms with Gasteiger partial charge in [0.05, 0.1) is 5.69 Å². The molecular formula is C21H24FN3O2. The number of fused-ring (bicyclic) bond motifs is 1. The number of rotatable bonds is 5. The van der Waals surface area contributed by atoms with Crippen LogP contribution in [0.15, 0.2) is 42.5 Å². The molecule has 3 rings (SSSR count). The number of halogens is 1. The van der Waals surface area contributed by atoms with Crippen molar-refractivity contribution in [3.05, 3.63) is 53.8 Å². The number of benzene rings is 2. The van der Waals surface area contributed by atoms with Crippen molar-refractivity contribution in [1.82, 2.24) is 0 Å². The SMILES string of the molecule is CC(C)CCN1C(=O)CCc2cc(NC(=O)Nc3ccccc3F)ccc21. The summed E-state index contributed by atoms with van der Waals surface area (Å²) in [5, 5.41) is 5.22. The van der Waals surface area contributed by atoms with Crippen LogP contribution >= 0.6 is 0 Å². The fourth-order valence-electron chi connectivity index (χ4n) is 3.12. The average Bonchev–Trinajstić information content (AvgIpc) is 2.62. The zero-order chi connectivity index (χ0) is 19.4. The summed E-state index contributed by atoms with van der Waals surface area (Å²) < 4.78 is 13.6. The first-order valence-corrected chi connectivity index (χ1v) is 9.20. The Balaban J connectivity index is 1.71. The lowest BCUT2D eigenvalue weighted by Gasteiger charge is -2.30. The van der Waals surface area contributed by atoms with E-state index in [9.17, 15) is 14.0 Å². The fourth-order valence-corrected chi connectivity index (χ4v) is 3.12. The molecule has 0 aromatic heterocycles. The zero-order valence-electron chi connectivity index (χ0n) is 15.6. The molecule has 1 heterocycles. The Labute approximate surface area is 158 Å². The number of amides is 3. The first kappa shape index (κ1) is 18.9. The highest BCUT2D eigenvalue weighted by atomic mass is 19.1. The molecule has 0 aliphatic carbocycles. The molecule has 0 saturated heterocycles. The molecule has 0 atom stereocenters. The number of hydrogen-bond acceptors (Lipinski definition) is 2. The van der Waals surface area contributed by atoms with Crippen molar-refractivity contribution in [1.29, 1.82) is 0 Å². The highest BCUT2D eigenvalue weighted by Gasteiger charge is 2.24. The molecule has 1 aliphatic rings. The van der Waals surface area contributed by atoms with Gasteiger partial charge < -0.3 is 15.5 Å². The lowest BCUT2D eigenvalue weighted by Crippen LogP contribution is -2.36. The first-order valence-electron chi connectivity index (χ1n) is 9.20. The van der Waals surface area contributed by atoms with Crippen molar-refractivity contribution in [2.75, 3.05) is 22.1 Å². The van der Waals surface area contributed by atoms with E-state index in [-0.39, 0.29) is 11.6 Å².